The van der Waals surface area contributed by atoms with Gasteiger partial charge in [0.05, 0.1) is 16.1 Å². The zero-order valence-electron chi connectivity index (χ0n) is 11.0. The topological polar surface area (TPSA) is 38.0 Å². The summed E-state index contributed by atoms with van der Waals surface area (Å²) >= 11 is 12.3. The molecular weight excluding hydrogens is 267 g/mol. The third-order valence-corrected chi connectivity index (χ3v) is 4.25. The van der Waals surface area contributed by atoms with Crippen LogP contribution in [0.3, 0.4) is 0 Å². The first kappa shape index (κ1) is 15.8. The van der Waals surface area contributed by atoms with Crippen molar-refractivity contribution in [3.63, 3.8) is 0 Å². The number of benzene rings is 1. The highest BCUT2D eigenvalue weighted by atomic mass is 35.5. The molecule has 0 radical (unpaired) electrons. The maximum atomic E-state index is 6.27. The van der Waals surface area contributed by atoms with Crippen molar-refractivity contribution in [2.45, 2.75) is 45.6 Å². The molecule has 2 unspecified atom stereocenters. The van der Waals surface area contributed by atoms with Gasteiger partial charge in [0.25, 0.3) is 0 Å². The van der Waals surface area contributed by atoms with Crippen molar-refractivity contribution >= 4 is 23.2 Å². The van der Waals surface area contributed by atoms with E-state index in [2.05, 4.69) is 19.3 Å². The zero-order valence-corrected chi connectivity index (χ0v) is 12.6. The molecule has 3 N–H and O–H groups in total. The summed E-state index contributed by atoms with van der Waals surface area (Å²) in [6.45, 7) is 4.38. The molecule has 1 rings (SSSR count). The summed E-state index contributed by atoms with van der Waals surface area (Å²) in [4.78, 5) is 0. The summed E-state index contributed by atoms with van der Waals surface area (Å²) in [5.41, 5.74) is 3.90. The first-order chi connectivity index (χ1) is 8.65. The number of hydrogen-bond donors (Lipinski definition) is 2. The number of hydrazine groups is 1. The van der Waals surface area contributed by atoms with Crippen molar-refractivity contribution in [3.8, 4) is 0 Å². The van der Waals surface area contributed by atoms with E-state index in [1.54, 1.807) is 6.07 Å². The second kappa shape index (κ2) is 8.00. The summed E-state index contributed by atoms with van der Waals surface area (Å²) < 4.78 is 0. The van der Waals surface area contributed by atoms with Crippen molar-refractivity contribution in [1.82, 2.24) is 5.43 Å². The molecular formula is C14H22Cl2N2. The minimum Gasteiger partial charge on any atom is -0.271 e. The highest BCUT2D eigenvalue weighted by Crippen LogP contribution is 2.35. The van der Waals surface area contributed by atoms with Crippen molar-refractivity contribution in [2.24, 2.45) is 11.8 Å². The predicted molar refractivity (Wildman–Crippen MR) is 79.8 cm³/mol. The van der Waals surface area contributed by atoms with Gasteiger partial charge >= 0.3 is 0 Å². The Bertz CT molecular complexity index is 369. The molecule has 1 aromatic carbocycles. The van der Waals surface area contributed by atoms with E-state index < -0.39 is 0 Å². The van der Waals surface area contributed by atoms with Crippen molar-refractivity contribution in [2.75, 3.05) is 0 Å². The first-order valence-corrected chi connectivity index (χ1v) is 7.31. The molecule has 0 aliphatic heterocycles. The summed E-state index contributed by atoms with van der Waals surface area (Å²) in [6, 6.07) is 5.77. The van der Waals surface area contributed by atoms with Gasteiger partial charge in [-0.2, -0.15) is 0 Å². The van der Waals surface area contributed by atoms with Crippen LogP contribution in [0.25, 0.3) is 0 Å². The molecule has 0 aliphatic rings. The molecule has 0 aliphatic carbocycles. The summed E-state index contributed by atoms with van der Waals surface area (Å²) in [5, 5.41) is 1.19. The lowest BCUT2D eigenvalue weighted by atomic mass is 9.87. The molecule has 0 saturated heterocycles. The van der Waals surface area contributed by atoms with Gasteiger partial charge in [0.2, 0.25) is 0 Å². The fraction of sp³-hybridized carbons (Fsp3) is 0.571. The molecule has 4 heteroatoms. The van der Waals surface area contributed by atoms with E-state index in [9.17, 15) is 0 Å². The third kappa shape index (κ3) is 3.86. The van der Waals surface area contributed by atoms with Crippen molar-refractivity contribution in [1.29, 1.82) is 0 Å². The minimum atomic E-state index is 0.0627. The van der Waals surface area contributed by atoms with Gasteiger partial charge in [0, 0.05) is 0 Å². The highest BCUT2D eigenvalue weighted by molar-refractivity contribution is 6.42. The van der Waals surface area contributed by atoms with Gasteiger partial charge in [-0.25, -0.2) is 0 Å². The number of nitrogens with one attached hydrogen (secondary N) is 1. The van der Waals surface area contributed by atoms with Crippen LogP contribution in [-0.2, 0) is 0 Å². The quantitative estimate of drug-likeness (QED) is 0.563. The number of nitrogens with two attached hydrogens (primary N) is 1. The standard InChI is InChI=1S/C14H22Cl2N2/c1-3-5-7-10(4-2)14(18-17)11-8-6-9-12(15)13(11)16/h6,8-10,14,18H,3-5,7,17H2,1-2H3. The molecule has 1 aromatic rings. The van der Waals surface area contributed by atoms with E-state index in [1.165, 1.54) is 12.8 Å². The second-order valence-electron chi connectivity index (χ2n) is 4.60. The smallest absolute Gasteiger partial charge is 0.0640 e. The normalized spacial score (nSPS) is 14.5. The Hall–Kier alpha value is -0.280. The van der Waals surface area contributed by atoms with Crippen LogP contribution in [0.1, 0.15) is 51.1 Å². The van der Waals surface area contributed by atoms with Crippen molar-refractivity contribution in [3.05, 3.63) is 33.8 Å². The minimum absolute atomic E-state index is 0.0627. The molecule has 102 valence electrons. The molecule has 18 heavy (non-hydrogen) atoms. The van der Waals surface area contributed by atoms with E-state index in [4.69, 9.17) is 29.0 Å². The molecule has 2 nitrogen and oxygen atoms in total. The second-order valence-corrected chi connectivity index (χ2v) is 5.38. The van der Waals surface area contributed by atoms with E-state index in [1.807, 2.05) is 12.1 Å². The molecule has 0 fully saturated rings. The molecule has 2 atom stereocenters. The molecule has 0 amide bonds. The Morgan fingerprint density at radius 1 is 1.28 bits per heavy atom. The summed E-state index contributed by atoms with van der Waals surface area (Å²) in [6.07, 6.45) is 4.61. The zero-order chi connectivity index (χ0) is 13.5. The Kier molecular flexibility index (Phi) is 7.02. The van der Waals surface area contributed by atoms with Gasteiger partial charge in [0.15, 0.2) is 0 Å². The van der Waals surface area contributed by atoms with Gasteiger partial charge in [-0.1, -0.05) is 68.4 Å². The average molecular weight is 289 g/mol. The third-order valence-electron chi connectivity index (χ3n) is 3.42. The summed E-state index contributed by atoms with van der Waals surface area (Å²) in [7, 11) is 0. The number of rotatable bonds is 7. The van der Waals surface area contributed by atoms with Gasteiger partial charge < -0.3 is 0 Å². The predicted octanol–water partition coefficient (Wildman–Crippen LogP) is 4.71. The monoisotopic (exact) mass is 288 g/mol. The Balaban J connectivity index is 2.96. The fourth-order valence-corrected chi connectivity index (χ4v) is 2.74. The van der Waals surface area contributed by atoms with E-state index >= 15 is 0 Å². The van der Waals surface area contributed by atoms with E-state index in [0.29, 0.717) is 16.0 Å². The van der Waals surface area contributed by atoms with E-state index in [0.717, 1.165) is 18.4 Å². The van der Waals surface area contributed by atoms with Crippen molar-refractivity contribution < 1.29 is 0 Å². The van der Waals surface area contributed by atoms with E-state index in [-0.39, 0.29) is 6.04 Å². The van der Waals surface area contributed by atoms with Gasteiger partial charge in [-0.15, -0.1) is 0 Å². The lowest BCUT2D eigenvalue weighted by Crippen LogP contribution is -2.33. The fourth-order valence-electron chi connectivity index (χ4n) is 2.31. The van der Waals surface area contributed by atoms with Crippen LogP contribution in [0, 0.1) is 5.92 Å². The Morgan fingerprint density at radius 3 is 2.56 bits per heavy atom. The molecule has 0 aromatic heterocycles. The number of unbranched alkanes of at least 4 members (excludes halogenated alkanes) is 1. The van der Waals surface area contributed by atoms with Crippen LogP contribution >= 0.6 is 23.2 Å². The van der Waals surface area contributed by atoms with Gasteiger partial charge in [0.1, 0.15) is 0 Å². The van der Waals surface area contributed by atoms with Crippen LogP contribution in [0.2, 0.25) is 10.0 Å². The maximum Gasteiger partial charge on any atom is 0.0640 e. The lowest BCUT2D eigenvalue weighted by molar-refractivity contribution is 0.327. The molecule has 0 bridgehead atoms. The van der Waals surface area contributed by atoms with Crippen LogP contribution in [0.15, 0.2) is 18.2 Å². The number of hydrogen-bond acceptors (Lipinski definition) is 2. The summed E-state index contributed by atoms with van der Waals surface area (Å²) in [5.74, 6) is 6.20. The van der Waals surface area contributed by atoms with Crippen LogP contribution in [-0.4, -0.2) is 0 Å². The SMILES string of the molecule is CCCCC(CC)C(NN)c1cccc(Cl)c1Cl. The lowest BCUT2D eigenvalue weighted by Gasteiger charge is -2.27. The molecule has 0 saturated carbocycles. The Morgan fingerprint density at radius 2 is 2.00 bits per heavy atom. The highest BCUT2D eigenvalue weighted by Gasteiger charge is 2.23. The Labute approximate surface area is 120 Å². The van der Waals surface area contributed by atoms with Gasteiger partial charge in [-0.3, -0.25) is 11.3 Å². The molecule has 0 spiro atoms. The van der Waals surface area contributed by atoms with Crippen LogP contribution in [0.4, 0.5) is 0 Å². The average Bonchev–Trinajstić information content (AvgIpc) is 2.38. The molecule has 0 heterocycles. The van der Waals surface area contributed by atoms with Gasteiger partial charge in [-0.05, 0) is 24.0 Å². The van der Waals surface area contributed by atoms with Crippen LogP contribution in [0.5, 0.6) is 0 Å². The largest absolute Gasteiger partial charge is 0.271 e. The van der Waals surface area contributed by atoms with Crippen LogP contribution < -0.4 is 11.3 Å². The maximum absolute atomic E-state index is 6.27. The first-order valence-electron chi connectivity index (χ1n) is 6.55. The number of halogens is 2.